The van der Waals surface area contributed by atoms with Crippen LogP contribution in [0.1, 0.15) is 17.5 Å². The smallest absolute Gasteiger partial charge is 0.266 e. The normalized spacial score (nSPS) is 14.2. The number of phenols is 1. The summed E-state index contributed by atoms with van der Waals surface area (Å²) in [6, 6.07) is 12.5. The van der Waals surface area contributed by atoms with E-state index in [0.29, 0.717) is 35.0 Å². The number of aromatic amines is 1. The van der Waals surface area contributed by atoms with Gasteiger partial charge in [0.2, 0.25) is 0 Å². The van der Waals surface area contributed by atoms with Crippen LogP contribution in [0, 0.1) is 10.1 Å². The highest BCUT2D eigenvalue weighted by Crippen LogP contribution is 2.40. The van der Waals surface area contributed by atoms with Crippen molar-refractivity contribution in [3.8, 4) is 5.75 Å². The number of H-pyrrole nitrogens is 1. The summed E-state index contributed by atoms with van der Waals surface area (Å²) in [5.41, 5.74) is 8.37. The SMILES string of the molecule is NC(=N[N+](=O)[O-])NCCCn1cc(C2=C(c3c[nH]c4ccccc34)C(=O)NC2=O)c2cccc(O)c21. The van der Waals surface area contributed by atoms with Crippen molar-refractivity contribution in [1.29, 1.82) is 0 Å². The van der Waals surface area contributed by atoms with Gasteiger partial charge in [-0.25, -0.2) is 10.1 Å². The Bertz CT molecular complexity index is 1610. The first kappa shape index (κ1) is 22.7. The van der Waals surface area contributed by atoms with E-state index in [2.05, 4.69) is 20.7 Å². The van der Waals surface area contributed by atoms with Crippen LogP contribution in [0.15, 0.2) is 60.0 Å². The average molecular weight is 487 g/mol. The molecular formula is C24H21N7O5. The molecule has 4 aromatic rings. The summed E-state index contributed by atoms with van der Waals surface area (Å²) in [5.74, 6) is -1.31. The third kappa shape index (κ3) is 3.90. The number of aromatic hydroxyl groups is 1. The number of aryl methyl sites for hydroxylation is 1. The van der Waals surface area contributed by atoms with Crippen LogP contribution in [0.5, 0.6) is 5.75 Å². The molecule has 1 aliphatic heterocycles. The fourth-order valence-corrected chi connectivity index (χ4v) is 4.55. The summed E-state index contributed by atoms with van der Waals surface area (Å²) in [6.07, 6.45) is 3.91. The summed E-state index contributed by atoms with van der Waals surface area (Å²) >= 11 is 0. The molecule has 2 amide bonds. The van der Waals surface area contributed by atoms with Crippen LogP contribution in [-0.2, 0) is 16.1 Å². The topological polar surface area (TPSA) is 181 Å². The molecule has 0 radical (unpaired) electrons. The minimum absolute atomic E-state index is 0.0140. The van der Waals surface area contributed by atoms with Crippen LogP contribution < -0.4 is 16.4 Å². The Morgan fingerprint density at radius 1 is 1.08 bits per heavy atom. The number of hydrogen-bond donors (Lipinski definition) is 5. The fourth-order valence-electron chi connectivity index (χ4n) is 4.55. The number of para-hydroxylation sites is 2. The third-order valence-corrected chi connectivity index (χ3v) is 6.01. The van der Waals surface area contributed by atoms with Crippen molar-refractivity contribution in [2.24, 2.45) is 10.8 Å². The molecule has 0 aliphatic carbocycles. The monoisotopic (exact) mass is 487 g/mol. The Hall–Kier alpha value is -5.13. The van der Waals surface area contributed by atoms with E-state index in [9.17, 15) is 24.8 Å². The van der Waals surface area contributed by atoms with E-state index in [4.69, 9.17) is 5.73 Å². The molecule has 12 nitrogen and oxygen atoms in total. The number of amides is 2. The minimum atomic E-state index is -0.890. The van der Waals surface area contributed by atoms with Crippen LogP contribution >= 0.6 is 0 Å². The van der Waals surface area contributed by atoms with Crippen molar-refractivity contribution in [3.05, 3.63) is 76.1 Å². The van der Waals surface area contributed by atoms with E-state index in [0.717, 1.165) is 10.9 Å². The minimum Gasteiger partial charge on any atom is -0.506 e. The lowest BCUT2D eigenvalue weighted by molar-refractivity contribution is -0.485. The molecule has 0 fully saturated rings. The Morgan fingerprint density at radius 3 is 2.58 bits per heavy atom. The molecule has 3 heterocycles. The molecule has 0 bridgehead atoms. The van der Waals surface area contributed by atoms with E-state index < -0.39 is 16.8 Å². The van der Waals surface area contributed by atoms with Crippen LogP contribution in [0.25, 0.3) is 33.0 Å². The van der Waals surface area contributed by atoms with Crippen molar-refractivity contribution in [1.82, 2.24) is 20.2 Å². The highest BCUT2D eigenvalue weighted by atomic mass is 16.7. The number of carbonyl (C=O) groups is 2. The van der Waals surface area contributed by atoms with Gasteiger partial charge in [-0.2, -0.15) is 0 Å². The number of rotatable bonds is 7. The van der Waals surface area contributed by atoms with Gasteiger partial charge in [0, 0.05) is 52.9 Å². The third-order valence-electron chi connectivity index (χ3n) is 6.01. The van der Waals surface area contributed by atoms with Gasteiger partial charge in [-0.05, 0) is 18.6 Å². The Balaban J connectivity index is 1.58. The first-order valence-corrected chi connectivity index (χ1v) is 11.0. The quantitative estimate of drug-likeness (QED) is 0.0659. The van der Waals surface area contributed by atoms with Crippen LogP contribution in [0.3, 0.4) is 0 Å². The number of nitrogens with two attached hydrogens (primary N) is 1. The van der Waals surface area contributed by atoms with Crippen molar-refractivity contribution in [2.45, 2.75) is 13.0 Å². The number of imide groups is 1. The average Bonchev–Trinajstić information content (AvgIpc) is 3.49. The molecule has 0 spiro atoms. The number of aromatic nitrogens is 2. The number of hydrazone groups is 1. The first-order chi connectivity index (χ1) is 17.3. The van der Waals surface area contributed by atoms with Gasteiger partial charge in [-0.1, -0.05) is 30.3 Å². The number of nitro groups is 1. The Morgan fingerprint density at radius 2 is 1.81 bits per heavy atom. The van der Waals surface area contributed by atoms with E-state index in [1.54, 1.807) is 29.1 Å². The number of carbonyl (C=O) groups excluding carboxylic acids is 2. The van der Waals surface area contributed by atoms with Gasteiger partial charge >= 0.3 is 0 Å². The highest BCUT2D eigenvalue weighted by Gasteiger charge is 2.35. The predicted octanol–water partition coefficient (Wildman–Crippen LogP) is 1.88. The van der Waals surface area contributed by atoms with Crippen LogP contribution in [-0.4, -0.2) is 44.0 Å². The lowest BCUT2D eigenvalue weighted by atomic mass is 9.95. The van der Waals surface area contributed by atoms with Crippen molar-refractivity contribution in [3.63, 3.8) is 0 Å². The largest absolute Gasteiger partial charge is 0.506 e. The van der Waals surface area contributed by atoms with Crippen LogP contribution in [0.2, 0.25) is 0 Å². The van der Waals surface area contributed by atoms with Crippen molar-refractivity contribution in [2.75, 3.05) is 6.54 Å². The molecule has 36 heavy (non-hydrogen) atoms. The number of nitrogens with zero attached hydrogens (tertiary/aromatic N) is 3. The predicted molar refractivity (Wildman–Crippen MR) is 133 cm³/mol. The summed E-state index contributed by atoms with van der Waals surface area (Å²) in [6.45, 7) is 0.673. The summed E-state index contributed by atoms with van der Waals surface area (Å²) in [5, 5.41) is 29.6. The number of hydrogen-bond acceptors (Lipinski definition) is 5. The molecule has 0 saturated heterocycles. The molecule has 6 N–H and O–H groups in total. The van der Waals surface area contributed by atoms with Gasteiger partial charge in [0.25, 0.3) is 17.8 Å². The van der Waals surface area contributed by atoms with Gasteiger partial charge < -0.3 is 25.7 Å². The summed E-state index contributed by atoms with van der Waals surface area (Å²) < 4.78 is 1.78. The van der Waals surface area contributed by atoms with Gasteiger partial charge in [-0.15, -0.1) is 0 Å². The molecule has 12 heteroatoms. The molecule has 1 aliphatic rings. The zero-order valence-corrected chi connectivity index (χ0v) is 18.8. The molecule has 0 atom stereocenters. The lowest BCUT2D eigenvalue weighted by Crippen LogP contribution is -2.33. The number of guanidine groups is 1. The second-order valence-corrected chi connectivity index (χ2v) is 8.19. The second kappa shape index (κ2) is 8.91. The Labute approximate surface area is 203 Å². The summed E-state index contributed by atoms with van der Waals surface area (Å²) in [7, 11) is 0. The molecule has 0 saturated carbocycles. The zero-order chi connectivity index (χ0) is 25.4. The fraction of sp³-hybridized carbons (Fsp3) is 0.125. The van der Waals surface area contributed by atoms with E-state index in [1.807, 2.05) is 24.3 Å². The first-order valence-electron chi connectivity index (χ1n) is 11.0. The number of benzene rings is 2. The highest BCUT2D eigenvalue weighted by molar-refractivity contribution is 6.50. The number of nitrogens with one attached hydrogen (secondary N) is 3. The van der Waals surface area contributed by atoms with Gasteiger partial charge in [-0.3, -0.25) is 14.9 Å². The number of phenolic OH excluding ortho intramolecular Hbond substituents is 1. The van der Waals surface area contributed by atoms with Gasteiger partial charge in [0.05, 0.1) is 16.7 Å². The molecule has 2 aromatic heterocycles. The maximum atomic E-state index is 13.0. The maximum Gasteiger partial charge on any atom is 0.266 e. The number of fused-ring (bicyclic) bond motifs is 2. The van der Waals surface area contributed by atoms with Crippen LogP contribution in [0.4, 0.5) is 0 Å². The zero-order valence-electron chi connectivity index (χ0n) is 18.8. The molecule has 5 rings (SSSR count). The van der Waals surface area contributed by atoms with Gasteiger partial charge in [0.15, 0.2) is 5.03 Å². The van der Waals surface area contributed by atoms with Crippen molar-refractivity contribution >= 4 is 50.7 Å². The van der Waals surface area contributed by atoms with E-state index in [1.165, 1.54) is 6.07 Å². The van der Waals surface area contributed by atoms with E-state index >= 15 is 0 Å². The van der Waals surface area contributed by atoms with Crippen molar-refractivity contribution < 1.29 is 19.7 Å². The second-order valence-electron chi connectivity index (χ2n) is 8.19. The lowest BCUT2D eigenvalue weighted by Gasteiger charge is -2.07. The standard InChI is InChI=1S/C24H21N7O5/c25-24(29-31(35)36)26-9-4-10-30-12-16(14-6-3-8-18(32)21(14)30)20-19(22(33)28-23(20)34)15-11-27-17-7-2-1-5-13(15)17/h1-3,5-8,11-12,27,32H,4,9-10H2,(H3,25,26,29)(H,28,33,34). The molecule has 2 aromatic carbocycles. The summed E-state index contributed by atoms with van der Waals surface area (Å²) in [4.78, 5) is 39.5. The molecule has 182 valence electrons. The van der Waals surface area contributed by atoms with Gasteiger partial charge in [0.1, 0.15) is 10.9 Å². The maximum absolute atomic E-state index is 13.0. The molecule has 0 unspecified atom stereocenters. The molecular weight excluding hydrogens is 466 g/mol. The van der Waals surface area contributed by atoms with E-state index in [-0.39, 0.29) is 29.4 Å². The Kier molecular flexibility index (Phi) is 5.60.